The molecule has 0 saturated carbocycles. The van der Waals surface area contributed by atoms with E-state index in [1.807, 2.05) is 0 Å². The van der Waals surface area contributed by atoms with Gasteiger partial charge < -0.3 is 18.8 Å². The van der Waals surface area contributed by atoms with E-state index in [-0.39, 0.29) is 24.5 Å². The molecule has 0 radical (unpaired) electrons. The van der Waals surface area contributed by atoms with Crippen molar-refractivity contribution in [2.75, 3.05) is 13.9 Å². The summed E-state index contributed by atoms with van der Waals surface area (Å²) >= 11 is 0. The first kappa shape index (κ1) is 12.7. The van der Waals surface area contributed by atoms with E-state index in [9.17, 15) is 17.8 Å². The Hall–Kier alpha value is -1.80. The number of benzene rings is 1. The highest BCUT2D eigenvalue weighted by molar-refractivity contribution is 7.85. The van der Waals surface area contributed by atoms with E-state index < -0.39 is 21.0 Å². The molecule has 18 heavy (non-hydrogen) atoms. The fourth-order valence-corrected chi connectivity index (χ4v) is 2.27. The van der Waals surface area contributed by atoms with Gasteiger partial charge in [0, 0.05) is 6.07 Å². The van der Waals surface area contributed by atoms with Gasteiger partial charge in [-0.25, -0.2) is 8.42 Å². The number of rotatable bonds is 3. The molecular weight excluding hydrogens is 264 g/mol. The average Bonchev–Trinajstić information content (AvgIpc) is 2.73. The normalized spacial score (nSPS) is 13.4. The maximum atomic E-state index is 11.2. The van der Waals surface area contributed by atoms with Gasteiger partial charge in [0.1, 0.15) is 10.1 Å². The number of hydrogen-bond acceptors (Lipinski definition) is 7. The van der Waals surface area contributed by atoms with Crippen LogP contribution >= 0.6 is 0 Å². The van der Waals surface area contributed by atoms with E-state index in [1.165, 1.54) is 13.2 Å². The molecule has 8 heteroatoms. The lowest BCUT2D eigenvalue weighted by atomic mass is 10.1. The number of carbonyl (C=O) groups excluding carboxylic acids is 1. The standard InChI is InChI=1S/C10H10O7S/c1-15-10(11)3-6-2-7-8(17-5-16-7)4-9(6)18(12,13)14/h2,4H,3,5H2,1H3,(H,12,13,14)/p-1. The second-order valence-electron chi connectivity index (χ2n) is 3.52. The highest BCUT2D eigenvalue weighted by atomic mass is 32.2. The van der Waals surface area contributed by atoms with Crippen LogP contribution in [0.25, 0.3) is 0 Å². The highest BCUT2D eigenvalue weighted by Gasteiger charge is 2.21. The van der Waals surface area contributed by atoms with E-state index in [1.54, 1.807) is 0 Å². The van der Waals surface area contributed by atoms with Crippen LogP contribution in [0.2, 0.25) is 0 Å². The van der Waals surface area contributed by atoms with Crippen molar-refractivity contribution < 1.29 is 32.0 Å². The summed E-state index contributed by atoms with van der Waals surface area (Å²) in [6.07, 6.45) is -0.329. The molecule has 1 aliphatic rings. The third-order valence-electron chi connectivity index (χ3n) is 2.39. The van der Waals surface area contributed by atoms with Crippen molar-refractivity contribution in [1.82, 2.24) is 0 Å². The van der Waals surface area contributed by atoms with Crippen molar-refractivity contribution in [2.45, 2.75) is 11.3 Å². The lowest BCUT2D eigenvalue weighted by Gasteiger charge is -2.13. The molecule has 1 aromatic rings. The lowest BCUT2D eigenvalue weighted by molar-refractivity contribution is -0.139. The Morgan fingerprint density at radius 1 is 1.39 bits per heavy atom. The molecule has 7 nitrogen and oxygen atoms in total. The molecule has 0 spiro atoms. The zero-order chi connectivity index (χ0) is 13.3. The van der Waals surface area contributed by atoms with E-state index in [0.29, 0.717) is 5.75 Å². The van der Waals surface area contributed by atoms with Gasteiger partial charge in [0.15, 0.2) is 11.5 Å². The summed E-state index contributed by atoms with van der Waals surface area (Å²) < 4.78 is 47.8. The molecule has 2 rings (SSSR count). The quantitative estimate of drug-likeness (QED) is 0.565. The van der Waals surface area contributed by atoms with Crippen LogP contribution in [-0.4, -0.2) is 32.8 Å². The van der Waals surface area contributed by atoms with Crippen LogP contribution in [0.5, 0.6) is 11.5 Å². The van der Waals surface area contributed by atoms with Crippen LogP contribution in [0.4, 0.5) is 0 Å². The SMILES string of the molecule is COC(=O)Cc1cc2c(cc1S(=O)(=O)[O-])OCO2. The monoisotopic (exact) mass is 273 g/mol. The Morgan fingerprint density at radius 2 is 2.00 bits per heavy atom. The van der Waals surface area contributed by atoms with E-state index in [4.69, 9.17) is 9.47 Å². The predicted octanol–water partition coefficient (Wildman–Crippen LogP) is 0.0349. The van der Waals surface area contributed by atoms with E-state index >= 15 is 0 Å². The third-order valence-corrected chi connectivity index (χ3v) is 3.31. The first-order valence-electron chi connectivity index (χ1n) is 4.87. The fraction of sp³-hybridized carbons (Fsp3) is 0.300. The predicted molar refractivity (Wildman–Crippen MR) is 56.2 cm³/mol. The largest absolute Gasteiger partial charge is 0.744 e. The van der Waals surface area contributed by atoms with Crippen molar-refractivity contribution >= 4 is 16.1 Å². The molecule has 1 aromatic carbocycles. The molecule has 0 unspecified atom stereocenters. The number of methoxy groups -OCH3 is 1. The smallest absolute Gasteiger partial charge is 0.310 e. The maximum absolute atomic E-state index is 11.2. The van der Waals surface area contributed by atoms with Crippen LogP contribution in [0.1, 0.15) is 5.56 Å². The summed E-state index contributed by atoms with van der Waals surface area (Å²) in [6.45, 7) is -0.0602. The van der Waals surface area contributed by atoms with Crippen molar-refractivity contribution in [1.29, 1.82) is 0 Å². The molecule has 0 atom stereocenters. The Balaban J connectivity index is 2.52. The van der Waals surface area contributed by atoms with Gasteiger partial charge in [-0.3, -0.25) is 4.79 Å². The summed E-state index contributed by atoms with van der Waals surface area (Å²) in [5, 5.41) is 0. The summed E-state index contributed by atoms with van der Waals surface area (Å²) in [4.78, 5) is 10.7. The Bertz CT molecular complexity index is 590. The Kier molecular flexibility index (Phi) is 3.14. The Labute approximate surface area is 103 Å². The molecule has 0 aromatic heterocycles. The van der Waals surface area contributed by atoms with Gasteiger partial charge in [-0.15, -0.1) is 0 Å². The van der Waals surface area contributed by atoms with Crippen LogP contribution in [0, 0.1) is 0 Å². The van der Waals surface area contributed by atoms with Crippen LogP contribution in [0.15, 0.2) is 17.0 Å². The van der Waals surface area contributed by atoms with E-state index in [0.717, 1.165) is 6.07 Å². The van der Waals surface area contributed by atoms with Gasteiger partial charge in [-0.05, 0) is 11.6 Å². The molecule has 1 aliphatic heterocycles. The number of hydrogen-bond donors (Lipinski definition) is 0. The van der Waals surface area contributed by atoms with Crippen molar-refractivity contribution in [3.8, 4) is 11.5 Å². The second-order valence-corrected chi connectivity index (χ2v) is 4.87. The summed E-state index contributed by atoms with van der Waals surface area (Å²) in [7, 11) is -3.53. The zero-order valence-electron chi connectivity index (χ0n) is 9.33. The first-order valence-corrected chi connectivity index (χ1v) is 6.28. The molecule has 0 saturated heterocycles. The number of fused-ring (bicyclic) bond motifs is 1. The lowest BCUT2D eigenvalue weighted by Crippen LogP contribution is -2.10. The van der Waals surface area contributed by atoms with E-state index in [2.05, 4.69) is 4.74 Å². The second kappa shape index (κ2) is 4.46. The van der Waals surface area contributed by atoms with Gasteiger partial charge >= 0.3 is 5.97 Å². The van der Waals surface area contributed by atoms with Crippen molar-refractivity contribution in [3.05, 3.63) is 17.7 Å². The molecule has 0 N–H and O–H groups in total. The van der Waals surface area contributed by atoms with Crippen LogP contribution < -0.4 is 9.47 Å². The first-order chi connectivity index (χ1) is 8.41. The van der Waals surface area contributed by atoms with Gasteiger partial charge in [-0.2, -0.15) is 0 Å². The molecule has 0 amide bonds. The fourth-order valence-electron chi connectivity index (χ4n) is 1.56. The summed E-state index contributed by atoms with van der Waals surface area (Å²) in [5.41, 5.74) is 0.0288. The molecule has 98 valence electrons. The topological polar surface area (TPSA) is 102 Å². The average molecular weight is 273 g/mol. The van der Waals surface area contributed by atoms with Crippen molar-refractivity contribution in [3.63, 3.8) is 0 Å². The van der Waals surface area contributed by atoms with Gasteiger partial charge in [0.2, 0.25) is 6.79 Å². The minimum absolute atomic E-state index is 0.0288. The molecule has 1 heterocycles. The van der Waals surface area contributed by atoms with Crippen LogP contribution in [-0.2, 0) is 26.1 Å². The van der Waals surface area contributed by atoms with Crippen LogP contribution in [0.3, 0.4) is 0 Å². The summed E-state index contributed by atoms with van der Waals surface area (Å²) in [5.74, 6) is -0.196. The van der Waals surface area contributed by atoms with Crippen molar-refractivity contribution in [2.24, 2.45) is 0 Å². The number of carbonyl (C=O) groups is 1. The molecule has 0 fully saturated rings. The maximum Gasteiger partial charge on any atom is 0.310 e. The minimum atomic E-state index is -4.70. The van der Waals surface area contributed by atoms with Gasteiger partial charge in [-0.1, -0.05) is 0 Å². The summed E-state index contributed by atoms with van der Waals surface area (Å²) in [6, 6.07) is 2.35. The highest BCUT2D eigenvalue weighted by Crippen LogP contribution is 2.36. The van der Waals surface area contributed by atoms with Gasteiger partial charge in [0.25, 0.3) is 0 Å². The number of ether oxygens (including phenoxy) is 3. The molecule has 0 aliphatic carbocycles. The zero-order valence-corrected chi connectivity index (χ0v) is 10.2. The number of esters is 1. The molecule has 0 bridgehead atoms. The van der Waals surface area contributed by atoms with Gasteiger partial charge in [0.05, 0.1) is 18.4 Å². The third kappa shape index (κ3) is 2.39. The molecular formula is C10H9O7S-. The minimum Gasteiger partial charge on any atom is -0.744 e. The Morgan fingerprint density at radius 3 is 2.56 bits per heavy atom.